The first kappa shape index (κ1) is 18.8. The van der Waals surface area contributed by atoms with E-state index >= 15 is 0 Å². The zero-order valence-electron chi connectivity index (χ0n) is 15.8. The lowest BCUT2D eigenvalue weighted by molar-refractivity contribution is 0.102. The van der Waals surface area contributed by atoms with Gasteiger partial charge in [0.15, 0.2) is 23.0 Å². The van der Waals surface area contributed by atoms with Crippen LogP contribution in [0.15, 0.2) is 30.3 Å². The number of anilines is 1. The average molecular weight is 415 g/mol. The SMILES string of the molecule is COc1cc(C(=O)Nc2nnc(-c3ccc4c(c3)OCO4)s2)cc(OC)c1OC. The van der Waals surface area contributed by atoms with Crippen LogP contribution in [-0.4, -0.2) is 44.2 Å². The van der Waals surface area contributed by atoms with Gasteiger partial charge in [-0.3, -0.25) is 10.1 Å². The van der Waals surface area contributed by atoms with Crippen LogP contribution in [-0.2, 0) is 0 Å². The van der Waals surface area contributed by atoms with E-state index in [0.29, 0.717) is 44.5 Å². The lowest BCUT2D eigenvalue weighted by Gasteiger charge is -2.13. The first-order chi connectivity index (χ1) is 14.1. The zero-order valence-corrected chi connectivity index (χ0v) is 16.7. The Morgan fingerprint density at radius 1 is 1.00 bits per heavy atom. The molecule has 0 unspecified atom stereocenters. The molecular weight excluding hydrogens is 398 g/mol. The van der Waals surface area contributed by atoms with E-state index in [2.05, 4.69) is 15.5 Å². The zero-order chi connectivity index (χ0) is 20.4. The number of carbonyl (C=O) groups excluding carboxylic acids is 1. The highest BCUT2D eigenvalue weighted by Crippen LogP contribution is 2.39. The van der Waals surface area contributed by atoms with Gasteiger partial charge in [-0.2, -0.15) is 0 Å². The maximum Gasteiger partial charge on any atom is 0.257 e. The quantitative estimate of drug-likeness (QED) is 0.655. The second kappa shape index (κ2) is 7.84. The van der Waals surface area contributed by atoms with Gasteiger partial charge in [0.1, 0.15) is 5.01 Å². The number of hydrogen-bond acceptors (Lipinski definition) is 9. The van der Waals surface area contributed by atoms with E-state index in [1.807, 2.05) is 18.2 Å². The van der Waals surface area contributed by atoms with Crippen LogP contribution < -0.4 is 29.0 Å². The summed E-state index contributed by atoms with van der Waals surface area (Å²) in [5.74, 6) is 2.14. The molecule has 2 aromatic carbocycles. The molecule has 0 atom stereocenters. The van der Waals surface area contributed by atoms with Crippen molar-refractivity contribution in [2.75, 3.05) is 33.4 Å². The molecule has 0 spiro atoms. The Morgan fingerprint density at radius 2 is 1.72 bits per heavy atom. The summed E-state index contributed by atoms with van der Waals surface area (Å²) in [6, 6.07) is 8.63. The fourth-order valence-corrected chi connectivity index (χ4v) is 3.54. The molecule has 0 saturated carbocycles. The van der Waals surface area contributed by atoms with Gasteiger partial charge in [0.25, 0.3) is 5.91 Å². The van der Waals surface area contributed by atoms with Crippen LogP contribution in [0.25, 0.3) is 10.6 Å². The maximum absolute atomic E-state index is 12.7. The second-order valence-corrected chi connectivity index (χ2v) is 6.83. The monoisotopic (exact) mass is 415 g/mol. The minimum Gasteiger partial charge on any atom is -0.493 e. The number of nitrogens with one attached hydrogen (secondary N) is 1. The molecule has 3 aromatic rings. The number of ether oxygens (including phenoxy) is 5. The van der Waals surface area contributed by atoms with Crippen molar-refractivity contribution in [3.8, 4) is 39.3 Å². The summed E-state index contributed by atoms with van der Waals surface area (Å²) in [6.07, 6.45) is 0. The number of nitrogens with zero attached hydrogens (tertiary/aromatic N) is 2. The number of hydrogen-bond donors (Lipinski definition) is 1. The molecule has 9 nitrogen and oxygen atoms in total. The first-order valence-electron chi connectivity index (χ1n) is 8.48. The highest BCUT2D eigenvalue weighted by atomic mass is 32.1. The number of fused-ring (bicyclic) bond motifs is 1. The Morgan fingerprint density at radius 3 is 2.41 bits per heavy atom. The Labute approximate surface area is 170 Å². The predicted octanol–water partition coefficient (Wildman–Crippen LogP) is 3.21. The minimum absolute atomic E-state index is 0.199. The van der Waals surface area contributed by atoms with Crippen LogP contribution >= 0.6 is 11.3 Å². The predicted molar refractivity (Wildman–Crippen MR) is 106 cm³/mol. The highest BCUT2D eigenvalue weighted by molar-refractivity contribution is 7.18. The normalized spacial score (nSPS) is 11.8. The van der Waals surface area contributed by atoms with Crippen LogP contribution in [0.2, 0.25) is 0 Å². The molecule has 1 N–H and O–H groups in total. The van der Waals surface area contributed by atoms with Crippen LogP contribution in [0.4, 0.5) is 5.13 Å². The standard InChI is InChI=1S/C19H17N3O6S/c1-24-14-7-11(8-15(25-2)16(14)26-3)17(23)20-19-22-21-18(29-19)10-4-5-12-13(6-10)28-9-27-12/h4-8H,9H2,1-3H3,(H,20,22,23). The third-order valence-corrected chi connectivity index (χ3v) is 5.08. The van der Waals surface area contributed by atoms with Crippen LogP contribution in [0.5, 0.6) is 28.7 Å². The largest absolute Gasteiger partial charge is 0.493 e. The molecule has 0 bridgehead atoms. The van der Waals surface area contributed by atoms with E-state index in [0.717, 1.165) is 5.56 Å². The van der Waals surface area contributed by atoms with Crippen LogP contribution in [0.1, 0.15) is 10.4 Å². The molecule has 4 rings (SSSR count). The van der Waals surface area contributed by atoms with Crippen molar-refractivity contribution in [2.24, 2.45) is 0 Å². The lowest BCUT2D eigenvalue weighted by atomic mass is 10.1. The third-order valence-electron chi connectivity index (χ3n) is 4.19. The third kappa shape index (κ3) is 3.61. The van der Waals surface area contributed by atoms with Crippen molar-refractivity contribution < 1.29 is 28.5 Å². The van der Waals surface area contributed by atoms with Gasteiger partial charge in [-0.25, -0.2) is 0 Å². The Bertz CT molecular complexity index is 1040. The van der Waals surface area contributed by atoms with E-state index < -0.39 is 0 Å². The van der Waals surface area contributed by atoms with E-state index in [1.54, 1.807) is 12.1 Å². The number of rotatable bonds is 6. The summed E-state index contributed by atoms with van der Waals surface area (Å²) < 4.78 is 26.5. The van der Waals surface area contributed by atoms with E-state index in [-0.39, 0.29) is 12.7 Å². The summed E-state index contributed by atoms with van der Waals surface area (Å²) in [7, 11) is 4.47. The average Bonchev–Trinajstić information content (AvgIpc) is 3.41. The van der Waals surface area contributed by atoms with Gasteiger partial charge in [0, 0.05) is 11.1 Å². The molecule has 0 radical (unpaired) electrons. The molecule has 0 fully saturated rings. The number of aromatic nitrogens is 2. The molecule has 1 aliphatic heterocycles. The first-order valence-corrected chi connectivity index (χ1v) is 9.29. The summed E-state index contributed by atoms with van der Waals surface area (Å²) in [4.78, 5) is 12.7. The van der Waals surface area contributed by atoms with Crippen molar-refractivity contribution >= 4 is 22.4 Å². The van der Waals surface area contributed by atoms with Crippen molar-refractivity contribution in [1.29, 1.82) is 0 Å². The fourth-order valence-electron chi connectivity index (χ4n) is 2.80. The van der Waals surface area contributed by atoms with Crippen molar-refractivity contribution in [3.05, 3.63) is 35.9 Å². The van der Waals surface area contributed by atoms with Gasteiger partial charge in [-0.15, -0.1) is 10.2 Å². The maximum atomic E-state index is 12.7. The van der Waals surface area contributed by atoms with E-state index in [4.69, 9.17) is 23.7 Å². The van der Waals surface area contributed by atoms with Gasteiger partial charge in [0.2, 0.25) is 17.7 Å². The van der Waals surface area contributed by atoms with E-state index in [9.17, 15) is 4.79 Å². The van der Waals surface area contributed by atoms with Gasteiger partial charge in [-0.1, -0.05) is 11.3 Å². The number of methoxy groups -OCH3 is 3. The molecule has 29 heavy (non-hydrogen) atoms. The summed E-state index contributed by atoms with van der Waals surface area (Å²) in [5.41, 5.74) is 1.15. The molecule has 1 aromatic heterocycles. The minimum atomic E-state index is -0.377. The van der Waals surface area contributed by atoms with Crippen molar-refractivity contribution in [2.45, 2.75) is 0 Å². The molecule has 150 valence electrons. The summed E-state index contributed by atoms with van der Waals surface area (Å²) in [5, 5.41) is 11.9. The van der Waals surface area contributed by atoms with Crippen molar-refractivity contribution in [1.82, 2.24) is 10.2 Å². The number of carbonyl (C=O) groups is 1. The van der Waals surface area contributed by atoms with Crippen LogP contribution in [0, 0.1) is 0 Å². The van der Waals surface area contributed by atoms with Gasteiger partial charge < -0.3 is 23.7 Å². The van der Waals surface area contributed by atoms with Crippen molar-refractivity contribution in [3.63, 3.8) is 0 Å². The topological polar surface area (TPSA) is 101 Å². The van der Waals surface area contributed by atoms with E-state index in [1.165, 1.54) is 32.7 Å². The molecule has 1 aliphatic rings. The molecular formula is C19H17N3O6S. The fraction of sp³-hybridized carbons (Fsp3) is 0.211. The highest BCUT2D eigenvalue weighted by Gasteiger charge is 2.19. The molecule has 0 saturated heterocycles. The second-order valence-electron chi connectivity index (χ2n) is 5.85. The molecule has 10 heteroatoms. The molecule has 1 amide bonds. The Hall–Kier alpha value is -3.53. The van der Waals surface area contributed by atoms with Crippen LogP contribution in [0.3, 0.4) is 0 Å². The summed E-state index contributed by atoms with van der Waals surface area (Å²) >= 11 is 1.24. The lowest BCUT2D eigenvalue weighted by Crippen LogP contribution is -2.12. The Balaban J connectivity index is 1.55. The summed E-state index contributed by atoms with van der Waals surface area (Å²) in [6.45, 7) is 0.199. The molecule has 2 heterocycles. The molecule has 0 aliphatic carbocycles. The van der Waals surface area contributed by atoms with Gasteiger partial charge >= 0.3 is 0 Å². The number of amides is 1. The number of benzene rings is 2. The van der Waals surface area contributed by atoms with Gasteiger partial charge in [0.05, 0.1) is 21.3 Å². The smallest absolute Gasteiger partial charge is 0.257 e. The van der Waals surface area contributed by atoms with Gasteiger partial charge in [-0.05, 0) is 30.3 Å². The Kier molecular flexibility index (Phi) is 5.09.